The Kier molecular flexibility index (Phi) is 3.92. The first-order valence-corrected chi connectivity index (χ1v) is 7.50. The van der Waals surface area contributed by atoms with Crippen molar-refractivity contribution >= 4 is 5.69 Å². The van der Waals surface area contributed by atoms with Crippen LogP contribution in [0.5, 0.6) is 5.75 Å². The van der Waals surface area contributed by atoms with E-state index < -0.39 is 0 Å². The van der Waals surface area contributed by atoms with Gasteiger partial charge >= 0.3 is 0 Å². The van der Waals surface area contributed by atoms with Gasteiger partial charge in [0.2, 0.25) is 0 Å². The number of fused-ring (bicyclic) bond motifs is 1. The summed E-state index contributed by atoms with van der Waals surface area (Å²) in [7, 11) is 1.72. The van der Waals surface area contributed by atoms with Gasteiger partial charge in [0.25, 0.3) is 0 Å². The minimum Gasteiger partial charge on any atom is -0.497 e. The lowest BCUT2D eigenvalue weighted by Gasteiger charge is -2.35. The van der Waals surface area contributed by atoms with E-state index in [-0.39, 0.29) is 0 Å². The van der Waals surface area contributed by atoms with E-state index in [0.29, 0.717) is 0 Å². The number of benzene rings is 1. The first-order chi connectivity index (χ1) is 9.36. The summed E-state index contributed by atoms with van der Waals surface area (Å²) in [6, 6.07) is 9.28. The molecule has 2 fully saturated rings. The van der Waals surface area contributed by atoms with Crippen LogP contribution in [0, 0.1) is 0 Å². The molecule has 2 aliphatic heterocycles. The number of methoxy groups -OCH3 is 1. The molecule has 1 unspecified atom stereocenters. The molecule has 104 valence electrons. The van der Waals surface area contributed by atoms with E-state index in [0.717, 1.165) is 11.8 Å². The largest absolute Gasteiger partial charge is 0.497 e. The summed E-state index contributed by atoms with van der Waals surface area (Å²) in [4.78, 5) is 5.25. The normalized spacial score (nSPS) is 24.7. The lowest BCUT2D eigenvalue weighted by Crippen LogP contribution is -2.44. The lowest BCUT2D eigenvalue weighted by atomic mass is 10.0. The second-order valence-electron chi connectivity index (χ2n) is 5.68. The Morgan fingerprint density at radius 3 is 2.58 bits per heavy atom. The highest BCUT2D eigenvalue weighted by Crippen LogP contribution is 2.25. The molecule has 1 aromatic carbocycles. The van der Waals surface area contributed by atoms with Gasteiger partial charge in [-0.2, -0.15) is 0 Å². The van der Waals surface area contributed by atoms with Gasteiger partial charge in [-0.05, 0) is 50.1 Å². The maximum absolute atomic E-state index is 5.24. The van der Waals surface area contributed by atoms with Crippen molar-refractivity contribution in [1.29, 1.82) is 0 Å². The molecule has 3 heteroatoms. The fourth-order valence-electron chi connectivity index (χ4n) is 3.40. The van der Waals surface area contributed by atoms with Crippen LogP contribution in [0.2, 0.25) is 0 Å². The van der Waals surface area contributed by atoms with Gasteiger partial charge in [0.1, 0.15) is 5.75 Å². The van der Waals surface area contributed by atoms with E-state index in [1.807, 2.05) is 0 Å². The number of piperidine rings is 1. The van der Waals surface area contributed by atoms with Crippen LogP contribution < -0.4 is 9.64 Å². The summed E-state index contributed by atoms with van der Waals surface area (Å²) < 4.78 is 5.24. The Morgan fingerprint density at radius 2 is 1.79 bits per heavy atom. The molecule has 0 aliphatic carbocycles. The maximum Gasteiger partial charge on any atom is 0.119 e. The Labute approximate surface area is 116 Å². The van der Waals surface area contributed by atoms with Crippen LogP contribution in [0.15, 0.2) is 24.3 Å². The molecule has 2 saturated heterocycles. The van der Waals surface area contributed by atoms with Gasteiger partial charge in [-0.25, -0.2) is 0 Å². The molecular weight excluding hydrogens is 236 g/mol. The van der Waals surface area contributed by atoms with Crippen LogP contribution in [-0.2, 0) is 0 Å². The van der Waals surface area contributed by atoms with Crippen LogP contribution in [0.4, 0.5) is 5.69 Å². The zero-order chi connectivity index (χ0) is 13.1. The van der Waals surface area contributed by atoms with Gasteiger partial charge in [0, 0.05) is 31.4 Å². The molecule has 0 amide bonds. The average Bonchev–Trinajstić information content (AvgIpc) is 2.69. The molecule has 1 aromatic rings. The third kappa shape index (κ3) is 2.86. The monoisotopic (exact) mass is 260 g/mol. The van der Waals surface area contributed by atoms with Crippen molar-refractivity contribution in [2.45, 2.75) is 31.7 Å². The summed E-state index contributed by atoms with van der Waals surface area (Å²) in [6.07, 6.45) is 5.44. The second-order valence-corrected chi connectivity index (χ2v) is 5.68. The van der Waals surface area contributed by atoms with Crippen molar-refractivity contribution in [2.24, 2.45) is 0 Å². The molecule has 2 heterocycles. The molecule has 0 bridgehead atoms. The lowest BCUT2D eigenvalue weighted by molar-refractivity contribution is 0.162. The van der Waals surface area contributed by atoms with Crippen molar-refractivity contribution in [3.63, 3.8) is 0 Å². The van der Waals surface area contributed by atoms with Gasteiger partial charge in [0.05, 0.1) is 7.11 Å². The van der Waals surface area contributed by atoms with Crippen LogP contribution in [-0.4, -0.2) is 44.2 Å². The zero-order valence-electron chi connectivity index (χ0n) is 11.8. The summed E-state index contributed by atoms with van der Waals surface area (Å²) in [5, 5.41) is 0. The van der Waals surface area contributed by atoms with Crippen molar-refractivity contribution in [3.05, 3.63) is 24.3 Å². The Morgan fingerprint density at radius 1 is 1.00 bits per heavy atom. The predicted molar refractivity (Wildman–Crippen MR) is 79.0 cm³/mol. The first kappa shape index (κ1) is 12.8. The maximum atomic E-state index is 5.24. The smallest absolute Gasteiger partial charge is 0.119 e. The van der Waals surface area contributed by atoms with E-state index in [9.17, 15) is 0 Å². The highest BCUT2D eigenvalue weighted by Gasteiger charge is 2.26. The molecule has 2 aliphatic rings. The summed E-state index contributed by atoms with van der Waals surface area (Å²) >= 11 is 0. The molecule has 1 atom stereocenters. The summed E-state index contributed by atoms with van der Waals surface area (Å²) in [5.74, 6) is 0.942. The Hall–Kier alpha value is -1.22. The van der Waals surface area contributed by atoms with Crippen LogP contribution in [0.3, 0.4) is 0 Å². The van der Waals surface area contributed by atoms with Crippen LogP contribution in [0.1, 0.15) is 25.7 Å². The summed E-state index contributed by atoms with van der Waals surface area (Å²) in [5.41, 5.74) is 1.34. The molecule has 0 radical (unpaired) electrons. The Bertz CT molecular complexity index is 404. The fourth-order valence-corrected chi connectivity index (χ4v) is 3.40. The van der Waals surface area contributed by atoms with E-state index >= 15 is 0 Å². The minimum atomic E-state index is 0.762. The SMILES string of the molecule is COc1ccc(N2CCCN3CCCCC3C2)cc1. The molecule has 0 saturated carbocycles. The number of anilines is 1. The number of hydrogen-bond donors (Lipinski definition) is 0. The predicted octanol–water partition coefficient (Wildman–Crippen LogP) is 2.76. The van der Waals surface area contributed by atoms with E-state index in [1.54, 1.807) is 7.11 Å². The van der Waals surface area contributed by atoms with Gasteiger partial charge < -0.3 is 9.64 Å². The quantitative estimate of drug-likeness (QED) is 0.813. The van der Waals surface area contributed by atoms with Gasteiger partial charge in [0.15, 0.2) is 0 Å². The average molecular weight is 260 g/mol. The molecule has 3 nitrogen and oxygen atoms in total. The number of nitrogens with zero attached hydrogens (tertiary/aromatic N) is 2. The van der Waals surface area contributed by atoms with Crippen molar-refractivity contribution in [2.75, 3.05) is 38.2 Å². The zero-order valence-corrected chi connectivity index (χ0v) is 11.8. The van der Waals surface area contributed by atoms with Gasteiger partial charge in [-0.15, -0.1) is 0 Å². The fraction of sp³-hybridized carbons (Fsp3) is 0.625. The minimum absolute atomic E-state index is 0.762. The van der Waals surface area contributed by atoms with Crippen LogP contribution in [0.25, 0.3) is 0 Å². The summed E-state index contributed by atoms with van der Waals surface area (Å²) in [6.45, 7) is 4.95. The van der Waals surface area contributed by atoms with Crippen LogP contribution >= 0.6 is 0 Å². The number of hydrogen-bond acceptors (Lipinski definition) is 3. The van der Waals surface area contributed by atoms with Crippen molar-refractivity contribution in [3.8, 4) is 5.75 Å². The van der Waals surface area contributed by atoms with Gasteiger partial charge in [-0.1, -0.05) is 6.42 Å². The van der Waals surface area contributed by atoms with Crippen molar-refractivity contribution < 1.29 is 4.74 Å². The highest BCUT2D eigenvalue weighted by molar-refractivity contribution is 5.49. The molecular formula is C16H24N2O. The van der Waals surface area contributed by atoms with E-state index in [4.69, 9.17) is 4.74 Å². The molecule has 3 rings (SSSR count). The topological polar surface area (TPSA) is 15.7 Å². The van der Waals surface area contributed by atoms with E-state index in [2.05, 4.69) is 34.1 Å². The third-order valence-electron chi connectivity index (χ3n) is 4.49. The molecule has 0 aromatic heterocycles. The standard InChI is InChI=1S/C16H24N2O/c1-19-16-8-6-14(7-9-16)18-12-4-11-17-10-3-2-5-15(17)13-18/h6-9,15H,2-5,10-13H2,1H3. The Balaban J connectivity index is 1.72. The van der Waals surface area contributed by atoms with E-state index in [1.165, 1.54) is 57.5 Å². The molecule has 19 heavy (non-hydrogen) atoms. The number of rotatable bonds is 2. The first-order valence-electron chi connectivity index (χ1n) is 7.50. The van der Waals surface area contributed by atoms with Gasteiger partial charge in [-0.3, -0.25) is 4.90 Å². The number of ether oxygens (including phenoxy) is 1. The second kappa shape index (κ2) is 5.83. The van der Waals surface area contributed by atoms with Crippen molar-refractivity contribution in [1.82, 2.24) is 4.90 Å². The highest BCUT2D eigenvalue weighted by atomic mass is 16.5. The molecule has 0 N–H and O–H groups in total. The molecule has 0 spiro atoms. The third-order valence-corrected chi connectivity index (χ3v) is 4.49.